The Morgan fingerprint density at radius 2 is 1.88 bits per heavy atom. The first-order chi connectivity index (χ1) is 12.2. The third kappa shape index (κ3) is 2.75. The zero-order valence-electron chi connectivity index (χ0n) is 14.4. The lowest BCUT2D eigenvalue weighted by atomic mass is 9.49. The molecule has 4 saturated carbocycles. The van der Waals surface area contributed by atoms with Crippen LogP contribution in [0.25, 0.3) is 0 Å². The molecule has 0 radical (unpaired) electrons. The molecule has 0 aliphatic heterocycles. The van der Waals surface area contributed by atoms with Crippen LogP contribution < -0.4 is 5.32 Å². The second-order valence-corrected chi connectivity index (χ2v) is 8.43. The van der Waals surface area contributed by atoms with Crippen LogP contribution in [0.4, 0.5) is 5.95 Å². The van der Waals surface area contributed by atoms with Gasteiger partial charge in [-0.1, -0.05) is 6.07 Å². The summed E-state index contributed by atoms with van der Waals surface area (Å²) in [6.07, 6.45) is 13.9. The summed E-state index contributed by atoms with van der Waals surface area (Å²) >= 11 is 0. The monoisotopic (exact) mass is 336 g/mol. The first kappa shape index (κ1) is 15.1. The molecule has 2 heterocycles. The quantitative estimate of drug-likeness (QED) is 0.898. The SMILES string of the molecule is O=C(Cc1cccnc1)Nc1ncc(C23CC4CC(CC(C4)C2)C3)[nH]1. The Morgan fingerprint density at radius 3 is 2.52 bits per heavy atom. The minimum absolute atomic E-state index is 0.0561. The molecule has 2 N–H and O–H groups in total. The summed E-state index contributed by atoms with van der Waals surface area (Å²) in [6, 6.07) is 3.76. The minimum Gasteiger partial charge on any atom is -0.327 e. The molecule has 5 heteroatoms. The molecule has 4 aliphatic rings. The van der Waals surface area contributed by atoms with Crippen LogP contribution in [0.15, 0.2) is 30.7 Å². The number of hydrogen-bond acceptors (Lipinski definition) is 3. The van der Waals surface area contributed by atoms with Crippen molar-refractivity contribution in [2.24, 2.45) is 17.8 Å². The van der Waals surface area contributed by atoms with Crippen LogP contribution in [0.1, 0.15) is 49.8 Å². The molecule has 2 aromatic rings. The normalized spacial score (nSPS) is 32.7. The van der Waals surface area contributed by atoms with Crippen molar-refractivity contribution in [3.05, 3.63) is 42.0 Å². The lowest BCUT2D eigenvalue weighted by Crippen LogP contribution is -2.48. The number of imidazole rings is 1. The Balaban J connectivity index is 1.30. The van der Waals surface area contributed by atoms with Gasteiger partial charge in [0.2, 0.25) is 11.9 Å². The molecule has 0 unspecified atom stereocenters. The van der Waals surface area contributed by atoms with Crippen LogP contribution in [0.2, 0.25) is 0 Å². The van der Waals surface area contributed by atoms with E-state index in [0.29, 0.717) is 12.4 Å². The topological polar surface area (TPSA) is 70.7 Å². The molecule has 1 amide bonds. The van der Waals surface area contributed by atoms with E-state index in [2.05, 4.69) is 20.3 Å². The molecule has 0 saturated heterocycles. The highest BCUT2D eigenvalue weighted by Crippen LogP contribution is 2.60. The molecule has 4 fully saturated rings. The van der Waals surface area contributed by atoms with Crippen molar-refractivity contribution < 1.29 is 4.79 Å². The molecule has 4 aliphatic carbocycles. The second kappa shape index (κ2) is 5.68. The molecule has 0 atom stereocenters. The summed E-state index contributed by atoms with van der Waals surface area (Å²) in [4.78, 5) is 24.2. The molecule has 0 aromatic carbocycles. The van der Waals surface area contributed by atoms with Crippen molar-refractivity contribution in [1.29, 1.82) is 0 Å². The van der Waals surface area contributed by atoms with E-state index in [1.165, 1.54) is 44.2 Å². The second-order valence-electron chi connectivity index (χ2n) is 8.43. The van der Waals surface area contributed by atoms with Gasteiger partial charge in [0.05, 0.1) is 12.6 Å². The van der Waals surface area contributed by atoms with Gasteiger partial charge in [0.15, 0.2) is 0 Å². The summed E-state index contributed by atoms with van der Waals surface area (Å²) in [7, 11) is 0. The van der Waals surface area contributed by atoms with Gasteiger partial charge >= 0.3 is 0 Å². The number of aromatic amines is 1. The van der Waals surface area contributed by atoms with Gasteiger partial charge < -0.3 is 4.98 Å². The van der Waals surface area contributed by atoms with Crippen LogP contribution in [0.5, 0.6) is 0 Å². The maximum Gasteiger partial charge on any atom is 0.231 e. The van der Waals surface area contributed by atoms with E-state index in [0.717, 1.165) is 23.3 Å². The zero-order valence-corrected chi connectivity index (χ0v) is 14.4. The third-order valence-corrected chi connectivity index (χ3v) is 6.53. The van der Waals surface area contributed by atoms with E-state index in [1.807, 2.05) is 18.3 Å². The van der Waals surface area contributed by atoms with E-state index in [1.54, 1.807) is 12.4 Å². The average Bonchev–Trinajstić information content (AvgIpc) is 3.04. The molecule has 2 aromatic heterocycles. The van der Waals surface area contributed by atoms with Crippen molar-refractivity contribution in [3.63, 3.8) is 0 Å². The molecule has 25 heavy (non-hydrogen) atoms. The molecular weight excluding hydrogens is 312 g/mol. The largest absolute Gasteiger partial charge is 0.327 e. The van der Waals surface area contributed by atoms with Gasteiger partial charge in [-0.05, 0) is 67.9 Å². The number of carbonyl (C=O) groups is 1. The van der Waals surface area contributed by atoms with E-state index in [4.69, 9.17) is 0 Å². The number of anilines is 1. The van der Waals surface area contributed by atoms with Crippen LogP contribution in [-0.4, -0.2) is 20.9 Å². The molecule has 130 valence electrons. The number of amides is 1. The summed E-state index contributed by atoms with van der Waals surface area (Å²) in [6.45, 7) is 0. The number of aromatic nitrogens is 3. The Morgan fingerprint density at radius 1 is 1.16 bits per heavy atom. The van der Waals surface area contributed by atoms with E-state index >= 15 is 0 Å². The lowest BCUT2D eigenvalue weighted by molar-refractivity contribution is -0.115. The first-order valence-electron chi connectivity index (χ1n) is 9.43. The first-order valence-corrected chi connectivity index (χ1v) is 9.43. The van der Waals surface area contributed by atoms with Crippen molar-refractivity contribution in [2.75, 3.05) is 5.32 Å². The fourth-order valence-corrected chi connectivity index (χ4v) is 5.96. The smallest absolute Gasteiger partial charge is 0.231 e. The van der Waals surface area contributed by atoms with E-state index in [9.17, 15) is 4.79 Å². The van der Waals surface area contributed by atoms with Crippen molar-refractivity contribution in [2.45, 2.75) is 50.4 Å². The summed E-state index contributed by atoms with van der Waals surface area (Å²) in [5.74, 6) is 3.23. The summed E-state index contributed by atoms with van der Waals surface area (Å²) in [5, 5.41) is 2.91. The number of H-pyrrole nitrogens is 1. The highest BCUT2D eigenvalue weighted by atomic mass is 16.1. The Kier molecular flexibility index (Phi) is 3.43. The maximum atomic E-state index is 12.2. The van der Waals surface area contributed by atoms with Crippen LogP contribution in [0.3, 0.4) is 0 Å². The highest BCUT2D eigenvalue weighted by molar-refractivity contribution is 5.90. The molecule has 5 nitrogen and oxygen atoms in total. The molecule has 6 rings (SSSR count). The Hall–Kier alpha value is -2.17. The molecular formula is C20H24N4O. The predicted molar refractivity (Wildman–Crippen MR) is 95.0 cm³/mol. The standard InChI is InChI=1S/C20H24N4O/c25-18(7-13-2-1-3-21-11-13)24-19-22-12-17(23-19)20-8-14-4-15(9-20)6-16(5-14)10-20/h1-3,11-12,14-16H,4-10H2,(H2,22,23,24,25). The van der Waals surface area contributed by atoms with Gasteiger partial charge in [0, 0.05) is 23.5 Å². The fraction of sp³-hybridized carbons (Fsp3) is 0.550. The highest BCUT2D eigenvalue weighted by Gasteiger charge is 2.52. The zero-order chi connectivity index (χ0) is 16.9. The van der Waals surface area contributed by atoms with Gasteiger partial charge in [0.1, 0.15) is 0 Å². The lowest BCUT2D eigenvalue weighted by Gasteiger charge is -2.56. The van der Waals surface area contributed by atoms with Crippen LogP contribution in [-0.2, 0) is 16.6 Å². The average molecular weight is 336 g/mol. The van der Waals surface area contributed by atoms with Gasteiger partial charge in [-0.25, -0.2) is 4.98 Å². The van der Waals surface area contributed by atoms with Gasteiger partial charge in [-0.15, -0.1) is 0 Å². The molecule has 0 spiro atoms. The van der Waals surface area contributed by atoms with Gasteiger partial charge in [-0.3, -0.25) is 15.1 Å². The number of rotatable bonds is 4. The number of hydrogen-bond donors (Lipinski definition) is 2. The predicted octanol–water partition coefficient (Wildman–Crippen LogP) is 3.45. The van der Waals surface area contributed by atoms with Crippen LogP contribution >= 0.6 is 0 Å². The van der Waals surface area contributed by atoms with Gasteiger partial charge in [0.25, 0.3) is 0 Å². The number of carbonyl (C=O) groups excluding carboxylic acids is 1. The number of nitrogens with one attached hydrogen (secondary N) is 2. The summed E-state index contributed by atoms with van der Waals surface area (Å²) in [5.41, 5.74) is 2.43. The molecule has 4 bridgehead atoms. The van der Waals surface area contributed by atoms with Gasteiger partial charge in [-0.2, -0.15) is 0 Å². The van der Waals surface area contributed by atoms with E-state index < -0.39 is 0 Å². The maximum absolute atomic E-state index is 12.2. The van der Waals surface area contributed by atoms with Crippen LogP contribution in [0, 0.1) is 17.8 Å². The third-order valence-electron chi connectivity index (χ3n) is 6.53. The Labute approximate surface area is 147 Å². The number of pyridine rings is 1. The van der Waals surface area contributed by atoms with Crippen molar-refractivity contribution in [1.82, 2.24) is 15.0 Å². The van der Waals surface area contributed by atoms with Crippen molar-refractivity contribution in [3.8, 4) is 0 Å². The van der Waals surface area contributed by atoms with Crippen molar-refractivity contribution >= 4 is 11.9 Å². The minimum atomic E-state index is -0.0561. The summed E-state index contributed by atoms with van der Waals surface area (Å²) < 4.78 is 0. The van der Waals surface area contributed by atoms with E-state index in [-0.39, 0.29) is 11.3 Å². The number of nitrogens with zero attached hydrogens (tertiary/aromatic N) is 2. The Bertz CT molecular complexity index is 747. The fourth-order valence-electron chi connectivity index (χ4n) is 5.96.